The lowest BCUT2D eigenvalue weighted by Gasteiger charge is -2.26. The number of fused-ring (bicyclic) bond motifs is 1. The van der Waals surface area contributed by atoms with Gasteiger partial charge < -0.3 is 25.0 Å². The Balaban J connectivity index is 1.91. The number of aromatic nitrogens is 1. The molecule has 4 rings (SSSR count). The average molecular weight is 410 g/mol. The smallest absolute Gasteiger partial charge is 0.341 e. The summed E-state index contributed by atoms with van der Waals surface area (Å²) in [6.07, 6.45) is 3.44. The molecule has 1 unspecified atom stereocenters. The van der Waals surface area contributed by atoms with E-state index >= 15 is 4.39 Å². The first-order valence-electron chi connectivity index (χ1n) is 9.18. The normalized spacial score (nSPS) is 22.2. The molecule has 9 heteroatoms. The zero-order chi connectivity index (χ0) is 20.2. The highest BCUT2D eigenvalue weighted by Gasteiger charge is 2.38. The molecule has 1 aromatic carbocycles. The number of anilines is 1. The molecule has 1 aliphatic carbocycles. The number of rotatable bonds is 5. The second-order valence-corrected chi connectivity index (χ2v) is 8.04. The molecule has 1 atom stereocenters. The van der Waals surface area contributed by atoms with Crippen LogP contribution in [0.15, 0.2) is 17.1 Å². The maximum atomic E-state index is 15.0. The first-order chi connectivity index (χ1) is 13.3. The van der Waals surface area contributed by atoms with E-state index in [1.165, 1.54) is 6.20 Å². The summed E-state index contributed by atoms with van der Waals surface area (Å²) in [5.74, 6) is -2.05. The first kappa shape index (κ1) is 19.2. The van der Waals surface area contributed by atoms with Gasteiger partial charge in [0.2, 0.25) is 5.43 Å². The van der Waals surface area contributed by atoms with Gasteiger partial charge in [0.05, 0.1) is 27.2 Å². The molecular formula is C19H21ClFN3O4. The molecule has 150 valence electrons. The number of aromatic carboxylic acids is 1. The zero-order valence-electron chi connectivity index (χ0n) is 15.3. The number of carboxylic acids is 1. The molecule has 0 amide bonds. The third kappa shape index (κ3) is 3.05. The second kappa shape index (κ2) is 6.72. The third-order valence-corrected chi connectivity index (χ3v) is 5.87. The third-order valence-electron chi connectivity index (χ3n) is 5.51. The van der Waals surface area contributed by atoms with Crippen molar-refractivity contribution >= 4 is 34.2 Å². The fourth-order valence-electron chi connectivity index (χ4n) is 4.04. The SMILES string of the molecule is CNCC1(O)CCN(c2c(F)cc3c(=O)c(C(=O)O)cn(C4CC4)c3c2Cl)C1. The Morgan fingerprint density at radius 3 is 2.79 bits per heavy atom. The summed E-state index contributed by atoms with van der Waals surface area (Å²) in [5.41, 5.74) is -1.66. The van der Waals surface area contributed by atoms with Crippen molar-refractivity contribution in [3.05, 3.63) is 38.9 Å². The van der Waals surface area contributed by atoms with Gasteiger partial charge in [0.25, 0.3) is 0 Å². The van der Waals surface area contributed by atoms with Crippen molar-refractivity contribution in [3.8, 4) is 0 Å². The van der Waals surface area contributed by atoms with Gasteiger partial charge in [0.15, 0.2) is 0 Å². The van der Waals surface area contributed by atoms with Gasteiger partial charge in [-0.15, -0.1) is 0 Å². The van der Waals surface area contributed by atoms with E-state index in [2.05, 4.69) is 5.32 Å². The molecule has 0 radical (unpaired) electrons. The minimum atomic E-state index is -1.35. The van der Waals surface area contributed by atoms with Gasteiger partial charge in [-0.2, -0.15) is 0 Å². The molecule has 0 bridgehead atoms. The van der Waals surface area contributed by atoms with Crippen LogP contribution in [0.4, 0.5) is 10.1 Å². The summed E-state index contributed by atoms with van der Waals surface area (Å²) in [6, 6.07) is 1.11. The molecule has 2 heterocycles. The van der Waals surface area contributed by atoms with E-state index < -0.39 is 28.4 Å². The average Bonchev–Trinajstić information content (AvgIpc) is 3.39. The molecule has 2 aromatic rings. The van der Waals surface area contributed by atoms with E-state index in [0.29, 0.717) is 25.0 Å². The van der Waals surface area contributed by atoms with Crippen LogP contribution in [0.5, 0.6) is 0 Å². The summed E-state index contributed by atoms with van der Waals surface area (Å²) >= 11 is 6.59. The molecule has 1 saturated carbocycles. The highest BCUT2D eigenvalue weighted by atomic mass is 35.5. The summed E-state index contributed by atoms with van der Waals surface area (Å²) in [4.78, 5) is 25.7. The zero-order valence-corrected chi connectivity index (χ0v) is 16.1. The summed E-state index contributed by atoms with van der Waals surface area (Å²) in [6.45, 7) is 0.989. The number of carboxylic acid groups (broad SMARTS) is 1. The van der Waals surface area contributed by atoms with Crippen molar-refractivity contribution in [1.29, 1.82) is 0 Å². The number of likely N-dealkylation sites (N-methyl/N-ethyl adjacent to an activating group) is 1. The number of carbonyl (C=O) groups is 1. The number of hydrogen-bond acceptors (Lipinski definition) is 5. The van der Waals surface area contributed by atoms with Crippen LogP contribution in [-0.4, -0.2) is 53.0 Å². The predicted octanol–water partition coefficient (Wildman–Crippen LogP) is 1.99. The second-order valence-electron chi connectivity index (χ2n) is 7.66. The van der Waals surface area contributed by atoms with Crippen LogP contribution in [0, 0.1) is 5.82 Å². The number of pyridine rings is 1. The number of hydrogen-bond donors (Lipinski definition) is 3. The lowest BCUT2D eigenvalue weighted by molar-refractivity contribution is 0.0650. The molecule has 2 fully saturated rings. The van der Waals surface area contributed by atoms with Gasteiger partial charge in [0, 0.05) is 31.9 Å². The Kier molecular flexibility index (Phi) is 4.60. The van der Waals surface area contributed by atoms with E-state index in [1.807, 2.05) is 0 Å². The fourth-order valence-corrected chi connectivity index (χ4v) is 4.44. The molecule has 28 heavy (non-hydrogen) atoms. The quantitative estimate of drug-likeness (QED) is 0.699. The Morgan fingerprint density at radius 1 is 1.46 bits per heavy atom. The molecule has 3 N–H and O–H groups in total. The highest BCUT2D eigenvalue weighted by Crippen LogP contribution is 2.43. The number of β-amino-alcohol motifs (C(OH)–C–C–N with tert-alkyl or cyclic N) is 1. The largest absolute Gasteiger partial charge is 0.477 e. The van der Waals surface area contributed by atoms with E-state index in [9.17, 15) is 19.8 Å². The molecule has 2 aliphatic rings. The summed E-state index contributed by atoms with van der Waals surface area (Å²) in [5, 5.41) is 22.9. The van der Waals surface area contributed by atoms with E-state index in [4.69, 9.17) is 11.6 Å². The van der Waals surface area contributed by atoms with E-state index in [-0.39, 0.29) is 28.7 Å². The number of nitrogens with one attached hydrogen (secondary N) is 1. The van der Waals surface area contributed by atoms with E-state index in [0.717, 1.165) is 18.9 Å². The Bertz CT molecular complexity index is 1040. The molecule has 1 aromatic heterocycles. The summed E-state index contributed by atoms with van der Waals surface area (Å²) < 4.78 is 16.7. The topological polar surface area (TPSA) is 94.8 Å². The number of aliphatic hydroxyl groups is 1. The van der Waals surface area contributed by atoms with Gasteiger partial charge in [-0.1, -0.05) is 11.6 Å². The Hall–Kier alpha value is -2.16. The van der Waals surface area contributed by atoms with Crippen LogP contribution in [0.3, 0.4) is 0 Å². The number of halogens is 2. The molecule has 7 nitrogen and oxygen atoms in total. The van der Waals surface area contributed by atoms with Crippen molar-refractivity contribution in [2.45, 2.75) is 30.9 Å². The van der Waals surface area contributed by atoms with Crippen molar-refractivity contribution in [1.82, 2.24) is 9.88 Å². The standard InChI is InChI=1S/C19H21ClFN3O4/c1-22-8-19(28)4-5-23(9-19)16-13(21)6-11-15(14(16)20)24(10-2-3-10)7-12(17(11)25)18(26)27/h6-7,10,22,28H,2-5,8-9H2,1H3,(H,26,27). The van der Waals surface area contributed by atoms with Crippen molar-refractivity contribution in [3.63, 3.8) is 0 Å². The highest BCUT2D eigenvalue weighted by molar-refractivity contribution is 6.38. The first-order valence-corrected chi connectivity index (χ1v) is 9.55. The number of benzene rings is 1. The van der Waals surface area contributed by atoms with Crippen molar-refractivity contribution in [2.75, 3.05) is 31.6 Å². The van der Waals surface area contributed by atoms with Crippen molar-refractivity contribution in [2.24, 2.45) is 0 Å². The van der Waals surface area contributed by atoms with Crippen LogP contribution >= 0.6 is 11.6 Å². The Morgan fingerprint density at radius 2 is 2.18 bits per heavy atom. The van der Waals surface area contributed by atoms with E-state index in [1.54, 1.807) is 16.5 Å². The van der Waals surface area contributed by atoms with Crippen LogP contribution in [0.2, 0.25) is 5.02 Å². The minimum absolute atomic E-state index is 0.0387. The van der Waals surface area contributed by atoms with Gasteiger partial charge in [-0.05, 0) is 32.4 Å². The summed E-state index contributed by atoms with van der Waals surface area (Å²) in [7, 11) is 1.73. The Labute approximate surface area is 165 Å². The van der Waals surface area contributed by atoms with Gasteiger partial charge in [0.1, 0.15) is 11.4 Å². The van der Waals surface area contributed by atoms with Crippen molar-refractivity contribution < 1.29 is 19.4 Å². The fraction of sp³-hybridized carbons (Fsp3) is 0.474. The maximum Gasteiger partial charge on any atom is 0.341 e. The number of nitrogens with zero attached hydrogens (tertiary/aromatic N) is 2. The molecule has 1 aliphatic heterocycles. The predicted molar refractivity (Wildman–Crippen MR) is 104 cm³/mol. The molecular weight excluding hydrogens is 389 g/mol. The molecule has 1 saturated heterocycles. The van der Waals surface area contributed by atoms with Gasteiger partial charge >= 0.3 is 5.97 Å². The van der Waals surface area contributed by atoms with Crippen LogP contribution in [0.25, 0.3) is 10.9 Å². The van der Waals surface area contributed by atoms with Crippen LogP contribution in [-0.2, 0) is 0 Å². The lowest BCUT2D eigenvalue weighted by Crippen LogP contribution is -2.42. The van der Waals surface area contributed by atoms with Crippen LogP contribution in [0.1, 0.15) is 35.7 Å². The lowest BCUT2D eigenvalue weighted by atomic mass is 10.0. The van der Waals surface area contributed by atoms with Gasteiger partial charge in [-0.3, -0.25) is 4.79 Å². The van der Waals surface area contributed by atoms with Crippen LogP contribution < -0.4 is 15.6 Å². The maximum absolute atomic E-state index is 15.0. The monoisotopic (exact) mass is 409 g/mol. The molecule has 0 spiro atoms. The van der Waals surface area contributed by atoms with Gasteiger partial charge in [-0.25, -0.2) is 9.18 Å². The minimum Gasteiger partial charge on any atom is -0.477 e.